The van der Waals surface area contributed by atoms with Gasteiger partial charge in [0.1, 0.15) is 35.4 Å². The van der Waals surface area contributed by atoms with Crippen LogP contribution in [0, 0.1) is 11.6 Å². The Bertz CT molecular complexity index is 940. The highest BCUT2D eigenvalue weighted by Gasteiger charge is 2.07. The Morgan fingerprint density at radius 2 is 1.79 bits per heavy atom. The van der Waals surface area contributed by atoms with Gasteiger partial charge in [-0.1, -0.05) is 6.07 Å². The van der Waals surface area contributed by atoms with Crippen LogP contribution in [0.25, 0.3) is 0 Å². The van der Waals surface area contributed by atoms with Crippen molar-refractivity contribution in [2.24, 2.45) is 0 Å². The maximum absolute atomic E-state index is 13.5. The molecule has 2 heterocycles. The Morgan fingerprint density at radius 1 is 0.929 bits per heavy atom. The van der Waals surface area contributed by atoms with E-state index in [4.69, 9.17) is 0 Å². The molecule has 1 aromatic carbocycles. The number of amides is 2. The molecule has 4 N–H and O–H groups in total. The summed E-state index contributed by atoms with van der Waals surface area (Å²) < 4.78 is 26.6. The number of nitrogens with one attached hydrogen (secondary N) is 4. The van der Waals surface area contributed by atoms with Crippen LogP contribution >= 0.6 is 0 Å². The number of carbonyl (C=O) groups excluding carboxylic acids is 1. The number of rotatable bonds is 7. The van der Waals surface area contributed by atoms with E-state index in [0.717, 1.165) is 18.2 Å². The number of anilines is 4. The topological polar surface area (TPSA) is 104 Å². The molecule has 0 aliphatic carbocycles. The predicted octanol–water partition coefficient (Wildman–Crippen LogP) is 3.13. The summed E-state index contributed by atoms with van der Waals surface area (Å²) in [5, 5.41) is 10.8. The number of halogens is 2. The molecule has 0 aliphatic heterocycles. The molecule has 0 spiro atoms. The van der Waals surface area contributed by atoms with Gasteiger partial charge in [0, 0.05) is 31.4 Å². The number of benzene rings is 1. The predicted molar refractivity (Wildman–Crippen MR) is 101 cm³/mol. The average Bonchev–Trinajstić information content (AvgIpc) is 2.69. The van der Waals surface area contributed by atoms with Crippen LogP contribution < -0.4 is 21.3 Å². The smallest absolute Gasteiger partial charge is 0.319 e. The third kappa shape index (κ3) is 5.59. The second-order valence-electron chi connectivity index (χ2n) is 5.56. The summed E-state index contributed by atoms with van der Waals surface area (Å²) in [6.07, 6.45) is 3.05. The van der Waals surface area contributed by atoms with Gasteiger partial charge in [-0.2, -0.15) is 0 Å². The Balaban J connectivity index is 1.44. The van der Waals surface area contributed by atoms with Gasteiger partial charge in [-0.3, -0.25) is 0 Å². The molecule has 0 radical (unpaired) electrons. The van der Waals surface area contributed by atoms with Gasteiger partial charge in [0.2, 0.25) is 0 Å². The fraction of sp³-hybridized carbons (Fsp3) is 0.111. The van der Waals surface area contributed by atoms with Crippen LogP contribution in [0.4, 0.5) is 36.7 Å². The van der Waals surface area contributed by atoms with E-state index in [1.54, 1.807) is 18.3 Å². The highest BCUT2D eigenvalue weighted by atomic mass is 19.1. The molecule has 3 aromatic rings. The lowest BCUT2D eigenvalue weighted by molar-refractivity contribution is 0.252. The molecule has 0 atom stereocenters. The highest BCUT2D eigenvalue weighted by molar-refractivity contribution is 5.89. The maximum atomic E-state index is 13.5. The van der Waals surface area contributed by atoms with E-state index in [-0.39, 0.29) is 12.2 Å². The summed E-state index contributed by atoms with van der Waals surface area (Å²) in [5.74, 6) is 0.395. The van der Waals surface area contributed by atoms with Crippen molar-refractivity contribution in [1.29, 1.82) is 0 Å². The number of hydrogen-bond donors (Lipinski definition) is 4. The van der Waals surface area contributed by atoms with Crippen LogP contribution in [-0.4, -0.2) is 34.1 Å². The summed E-state index contributed by atoms with van der Waals surface area (Å²) in [6, 6.07) is 9.33. The van der Waals surface area contributed by atoms with Crippen LogP contribution in [0.15, 0.2) is 55.0 Å². The minimum Gasteiger partial charge on any atom is -0.368 e. The first-order chi connectivity index (χ1) is 13.6. The van der Waals surface area contributed by atoms with Crippen molar-refractivity contribution in [2.75, 3.05) is 29.0 Å². The molecule has 2 amide bonds. The number of pyridine rings is 1. The number of carbonyl (C=O) groups is 1. The van der Waals surface area contributed by atoms with Crippen molar-refractivity contribution in [3.05, 3.63) is 66.6 Å². The molecule has 0 saturated carbocycles. The molecule has 2 aromatic heterocycles. The molecular weight excluding hydrogens is 368 g/mol. The molecule has 28 heavy (non-hydrogen) atoms. The largest absolute Gasteiger partial charge is 0.368 e. The third-order valence-electron chi connectivity index (χ3n) is 3.48. The lowest BCUT2D eigenvalue weighted by Gasteiger charge is -2.10. The number of hydrogen-bond acceptors (Lipinski definition) is 6. The Labute approximate surface area is 159 Å². The Kier molecular flexibility index (Phi) is 6.24. The Morgan fingerprint density at radius 3 is 2.61 bits per heavy atom. The lowest BCUT2D eigenvalue weighted by atomic mass is 10.3. The normalized spacial score (nSPS) is 10.2. The van der Waals surface area contributed by atoms with Crippen LogP contribution in [0.5, 0.6) is 0 Å². The monoisotopic (exact) mass is 385 g/mol. The van der Waals surface area contributed by atoms with E-state index >= 15 is 0 Å². The van der Waals surface area contributed by atoms with Crippen LogP contribution in [0.2, 0.25) is 0 Å². The van der Waals surface area contributed by atoms with E-state index in [9.17, 15) is 13.6 Å². The van der Waals surface area contributed by atoms with Crippen LogP contribution in [0.3, 0.4) is 0 Å². The molecular formula is C18H17F2N7O. The standard InChI is InChI=1S/C18H17F2N7O/c19-12-4-5-13(20)14(9-12)26-18(28)23-8-7-22-16-10-17(25-11-24-16)27-15-3-1-2-6-21-15/h1-6,9-11H,7-8H2,(H2,23,26,28)(H2,21,22,24,25,27). The van der Waals surface area contributed by atoms with E-state index in [2.05, 4.69) is 36.2 Å². The van der Waals surface area contributed by atoms with Gasteiger partial charge in [0.05, 0.1) is 5.69 Å². The first-order valence-corrected chi connectivity index (χ1v) is 8.34. The molecule has 0 bridgehead atoms. The summed E-state index contributed by atoms with van der Waals surface area (Å²) >= 11 is 0. The van der Waals surface area contributed by atoms with Crippen molar-refractivity contribution in [3.8, 4) is 0 Å². The van der Waals surface area contributed by atoms with Gasteiger partial charge in [-0.05, 0) is 24.3 Å². The molecule has 8 nitrogen and oxygen atoms in total. The van der Waals surface area contributed by atoms with Crippen LogP contribution in [-0.2, 0) is 0 Å². The van der Waals surface area contributed by atoms with Gasteiger partial charge in [0.15, 0.2) is 0 Å². The zero-order valence-electron chi connectivity index (χ0n) is 14.6. The first-order valence-electron chi connectivity index (χ1n) is 8.34. The van der Waals surface area contributed by atoms with Crippen molar-refractivity contribution in [2.45, 2.75) is 0 Å². The van der Waals surface area contributed by atoms with Gasteiger partial charge in [-0.25, -0.2) is 28.5 Å². The van der Waals surface area contributed by atoms with Crippen molar-refractivity contribution < 1.29 is 13.6 Å². The summed E-state index contributed by atoms with van der Waals surface area (Å²) in [7, 11) is 0. The minimum absolute atomic E-state index is 0.230. The van der Waals surface area contributed by atoms with Gasteiger partial charge >= 0.3 is 6.03 Å². The van der Waals surface area contributed by atoms with Crippen molar-refractivity contribution >= 4 is 29.2 Å². The van der Waals surface area contributed by atoms with Crippen molar-refractivity contribution in [1.82, 2.24) is 20.3 Å². The Hall–Kier alpha value is -3.82. The summed E-state index contributed by atoms with van der Waals surface area (Å²) in [4.78, 5) is 24.1. The highest BCUT2D eigenvalue weighted by Crippen LogP contribution is 2.15. The molecule has 0 aliphatic rings. The fourth-order valence-electron chi connectivity index (χ4n) is 2.22. The molecule has 0 unspecified atom stereocenters. The van der Waals surface area contributed by atoms with Crippen molar-refractivity contribution in [3.63, 3.8) is 0 Å². The second kappa shape index (κ2) is 9.21. The lowest BCUT2D eigenvalue weighted by Crippen LogP contribution is -2.33. The van der Waals surface area contributed by atoms with E-state index < -0.39 is 17.7 Å². The molecule has 144 valence electrons. The van der Waals surface area contributed by atoms with Gasteiger partial charge in [-0.15, -0.1) is 0 Å². The van der Waals surface area contributed by atoms with Crippen LogP contribution in [0.1, 0.15) is 0 Å². The first kappa shape index (κ1) is 19.0. The maximum Gasteiger partial charge on any atom is 0.319 e. The zero-order chi connectivity index (χ0) is 19.8. The fourth-order valence-corrected chi connectivity index (χ4v) is 2.22. The average molecular weight is 385 g/mol. The minimum atomic E-state index is -0.719. The SMILES string of the molecule is O=C(NCCNc1cc(Nc2ccccn2)ncn1)Nc1cc(F)ccc1F. The summed E-state index contributed by atoms with van der Waals surface area (Å²) in [5.41, 5.74) is -0.230. The van der Waals surface area contributed by atoms with E-state index in [1.807, 2.05) is 12.1 Å². The molecule has 0 saturated heterocycles. The molecule has 3 rings (SSSR count). The molecule has 0 fully saturated rings. The second-order valence-corrected chi connectivity index (χ2v) is 5.56. The number of urea groups is 1. The van der Waals surface area contributed by atoms with E-state index in [0.29, 0.717) is 24.0 Å². The third-order valence-corrected chi connectivity index (χ3v) is 3.48. The van der Waals surface area contributed by atoms with Gasteiger partial charge in [0.25, 0.3) is 0 Å². The number of nitrogens with zero attached hydrogens (tertiary/aromatic N) is 3. The number of aromatic nitrogens is 3. The zero-order valence-corrected chi connectivity index (χ0v) is 14.6. The summed E-state index contributed by atoms with van der Waals surface area (Å²) in [6.45, 7) is 0.592. The van der Waals surface area contributed by atoms with E-state index in [1.165, 1.54) is 6.33 Å². The quantitative estimate of drug-likeness (QED) is 0.466. The molecule has 10 heteroatoms. The van der Waals surface area contributed by atoms with Gasteiger partial charge < -0.3 is 21.3 Å².